The van der Waals surface area contributed by atoms with Crippen LogP contribution in [0.1, 0.15) is 24.1 Å². The Morgan fingerprint density at radius 2 is 2.00 bits per heavy atom. The van der Waals surface area contributed by atoms with Gasteiger partial charge in [-0.3, -0.25) is 4.79 Å². The molecule has 0 saturated carbocycles. The Morgan fingerprint density at radius 1 is 1.26 bits per heavy atom. The molecule has 0 aliphatic heterocycles. The first kappa shape index (κ1) is 17.3. The molecule has 2 rings (SSSR count). The zero-order valence-electron chi connectivity index (χ0n) is 13.5. The minimum absolute atomic E-state index is 0.00245. The topological polar surface area (TPSA) is 50.4 Å². The average molecular weight is 333 g/mol. The molecule has 5 heteroatoms. The summed E-state index contributed by atoms with van der Waals surface area (Å²) in [7, 11) is 1.64. The van der Waals surface area contributed by atoms with Gasteiger partial charge < -0.3 is 15.4 Å². The lowest BCUT2D eigenvalue weighted by Crippen LogP contribution is -2.30. The highest BCUT2D eigenvalue weighted by molar-refractivity contribution is 6.31. The van der Waals surface area contributed by atoms with Gasteiger partial charge in [0.25, 0.3) is 0 Å². The number of para-hydroxylation sites is 1. The third-order valence-electron chi connectivity index (χ3n) is 3.65. The molecule has 23 heavy (non-hydrogen) atoms. The van der Waals surface area contributed by atoms with Crippen LogP contribution in [0.15, 0.2) is 42.5 Å². The number of carbonyl (C=O) groups excluding carboxylic acids is 1. The van der Waals surface area contributed by atoms with Crippen molar-refractivity contribution in [1.29, 1.82) is 0 Å². The molecular formula is C18H21ClN2O2. The monoisotopic (exact) mass is 332 g/mol. The molecule has 0 saturated heterocycles. The van der Waals surface area contributed by atoms with Crippen LogP contribution in [0.5, 0.6) is 5.75 Å². The third-order valence-corrected chi connectivity index (χ3v) is 3.88. The number of ether oxygens (including phenoxy) is 1. The van der Waals surface area contributed by atoms with Gasteiger partial charge in [0.15, 0.2) is 0 Å². The number of anilines is 1. The highest BCUT2D eigenvalue weighted by atomic mass is 35.5. The fraction of sp³-hybridized carbons (Fsp3) is 0.278. The van der Waals surface area contributed by atoms with Crippen LogP contribution in [0, 0.1) is 6.92 Å². The Bertz CT molecular complexity index is 688. The molecule has 0 aliphatic carbocycles. The van der Waals surface area contributed by atoms with E-state index >= 15 is 0 Å². The van der Waals surface area contributed by atoms with Gasteiger partial charge in [0.2, 0.25) is 5.91 Å². The van der Waals surface area contributed by atoms with E-state index in [0.29, 0.717) is 5.02 Å². The predicted molar refractivity (Wildman–Crippen MR) is 94.2 cm³/mol. The molecule has 0 unspecified atom stereocenters. The molecule has 0 heterocycles. The second-order valence-corrected chi connectivity index (χ2v) is 5.79. The quantitative estimate of drug-likeness (QED) is 0.842. The molecule has 1 amide bonds. The zero-order valence-corrected chi connectivity index (χ0v) is 14.3. The van der Waals surface area contributed by atoms with E-state index in [1.807, 2.05) is 44.2 Å². The van der Waals surface area contributed by atoms with Crippen molar-refractivity contribution in [2.75, 3.05) is 19.0 Å². The van der Waals surface area contributed by atoms with E-state index in [-0.39, 0.29) is 18.5 Å². The first-order valence-electron chi connectivity index (χ1n) is 7.43. The summed E-state index contributed by atoms with van der Waals surface area (Å²) in [6, 6.07) is 13.2. The second-order valence-electron chi connectivity index (χ2n) is 5.35. The Labute approximate surface area is 141 Å². The summed E-state index contributed by atoms with van der Waals surface area (Å²) in [5.41, 5.74) is 2.72. The van der Waals surface area contributed by atoms with Crippen LogP contribution in [0.3, 0.4) is 0 Å². The van der Waals surface area contributed by atoms with Crippen LogP contribution in [0.2, 0.25) is 5.02 Å². The standard InChI is InChI=1S/C18H21ClN2O2/c1-12-8-9-14(19)10-16(12)21-18(22)11-20-13(2)15-6-4-5-7-17(15)23-3/h4-10,13,20H,11H2,1-3H3,(H,21,22)/t13-/m0/s1. The number of carbonyl (C=O) groups is 1. The van der Waals surface area contributed by atoms with E-state index in [1.54, 1.807) is 19.2 Å². The van der Waals surface area contributed by atoms with Crippen LogP contribution >= 0.6 is 11.6 Å². The van der Waals surface area contributed by atoms with E-state index in [2.05, 4.69) is 10.6 Å². The Hall–Kier alpha value is -2.04. The number of amides is 1. The number of hydrogen-bond donors (Lipinski definition) is 2. The normalized spacial score (nSPS) is 11.8. The van der Waals surface area contributed by atoms with Crippen LogP contribution in [0.4, 0.5) is 5.69 Å². The van der Waals surface area contributed by atoms with E-state index in [4.69, 9.17) is 16.3 Å². The number of benzene rings is 2. The Kier molecular flexibility index (Phi) is 6.02. The van der Waals surface area contributed by atoms with Gasteiger partial charge in [-0.1, -0.05) is 35.9 Å². The van der Waals surface area contributed by atoms with Gasteiger partial charge in [0, 0.05) is 22.3 Å². The van der Waals surface area contributed by atoms with Crippen LogP contribution in [0.25, 0.3) is 0 Å². The van der Waals surface area contributed by atoms with E-state index < -0.39 is 0 Å². The molecule has 0 aromatic heterocycles. The van der Waals surface area contributed by atoms with Gasteiger partial charge in [0.1, 0.15) is 5.75 Å². The number of hydrogen-bond acceptors (Lipinski definition) is 3. The van der Waals surface area contributed by atoms with Gasteiger partial charge in [-0.2, -0.15) is 0 Å². The minimum atomic E-state index is -0.114. The molecule has 122 valence electrons. The van der Waals surface area contributed by atoms with Crippen molar-refractivity contribution in [3.63, 3.8) is 0 Å². The molecule has 1 atom stereocenters. The van der Waals surface area contributed by atoms with Crippen molar-refractivity contribution < 1.29 is 9.53 Å². The highest BCUT2D eigenvalue weighted by Crippen LogP contribution is 2.24. The summed E-state index contributed by atoms with van der Waals surface area (Å²) in [5.74, 6) is 0.690. The van der Waals surface area contributed by atoms with Crippen LogP contribution in [-0.2, 0) is 4.79 Å². The average Bonchev–Trinajstić information content (AvgIpc) is 2.56. The summed E-state index contributed by atoms with van der Waals surface area (Å²) < 4.78 is 5.34. The van der Waals surface area contributed by atoms with Crippen molar-refractivity contribution in [3.05, 3.63) is 58.6 Å². The fourth-order valence-corrected chi connectivity index (χ4v) is 2.48. The van der Waals surface area contributed by atoms with Crippen molar-refractivity contribution in [1.82, 2.24) is 5.32 Å². The first-order valence-corrected chi connectivity index (χ1v) is 7.81. The lowest BCUT2D eigenvalue weighted by atomic mass is 10.1. The predicted octanol–water partition coefficient (Wildman–Crippen LogP) is 3.95. The molecule has 4 nitrogen and oxygen atoms in total. The zero-order chi connectivity index (χ0) is 16.8. The van der Waals surface area contributed by atoms with Gasteiger partial charge in [-0.25, -0.2) is 0 Å². The van der Waals surface area contributed by atoms with Crippen molar-refractivity contribution in [2.45, 2.75) is 19.9 Å². The summed E-state index contributed by atoms with van der Waals surface area (Å²) in [6.45, 7) is 4.12. The third kappa shape index (κ3) is 4.71. The summed E-state index contributed by atoms with van der Waals surface area (Å²) in [5, 5.41) is 6.67. The Morgan fingerprint density at radius 3 is 2.74 bits per heavy atom. The second kappa shape index (κ2) is 7.99. The van der Waals surface area contributed by atoms with Gasteiger partial charge >= 0.3 is 0 Å². The summed E-state index contributed by atoms with van der Waals surface area (Å²) in [4.78, 5) is 12.1. The fourth-order valence-electron chi connectivity index (χ4n) is 2.30. The van der Waals surface area contributed by atoms with Crippen LogP contribution in [-0.4, -0.2) is 19.6 Å². The van der Waals surface area contributed by atoms with E-state index in [9.17, 15) is 4.79 Å². The summed E-state index contributed by atoms with van der Waals surface area (Å²) in [6.07, 6.45) is 0. The molecule has 0 radical (unpaired) electrons. The molecule has 0 bridgehead atoms. The number of rotatable bonds is 6. The minimum Gasteiger partial charge on any atom is -0.496 e. The molecular weight excluding hydrogens is 312 g/mol. The number of halogens is 1. The molecule has 2 N–H and O–H groups in total. The number of methoxy groups -OCH3 is 1. The maximum atomic E-state index is 12.1. The summed E-state index contributed by atoms with van der Waals surface area (Å²) >= 11 is 5.96. The van der Waals surface area contributed by atoms with Crippen LogP contribution < -0.4 is 15.4 Å². The van der Waals surface area contributed by atoms with Gasteiger partial charge in [0.05, 0.1) is 13.7 Å². The first-order chi connectivity index (χ1) is 11.0. The van der Waals surface area contributed by atoms with E-state index in [1.165, 1.54) is 0 Å². The molecule has 0 fully saturated rings. The number of aryl methyl sites for hydroxylation is 1. The highest BCUT2D eigenvalue weighted by Gasteiger charge is 2.12. The Balaban J connectivity index is 1.95. The lowest BCUT2D eigenvalue weighted by Gasteiger charge is -2.17. The number of nitrogens with one attached hydrogen (secondary N) is 2. The van der Waals surface area contributed by atoms with Crippen molar-refractivity contribution >= 4 is 23.2 Å². The van der Waals surface area contributed by atoms with Crippen molar-refractivity contribution in [2.24, 2.45) is 0 Å². The molecule has 2 aromatic carbocycles. The van der Waals surface area contributed by atoms with Crippen molar-refractivity contribution in [3.8, 4) is 5.75 Å². The largest absolute Gasteiger partial charge is 0.496 e. The SMILES string of the molecule is COc1ccccc1[C@H](C)NCC(=O)Nc1cc(Cl)ccc1C. The molecule has 0 spiro atoms. The van der Waals surface area contributed by atoms with E-state index in [0.717, 1.165) is 22.6 Å². The van der Waals surface area contributed by atoms with Gasteiger partial charge in [-0.05, 0) is 37.6 Å². The molecule has 2 aromatic rings. The van der Waals surface area contributed by atoms with Gasteiger partial charge in [-0.15, -0.1) is 0 Å². The smallest absolute Gasteiger partial charge is 0.238 e. The lowest BCUT2D eigenvalue weighted by molar-refractivity contribution is -0.115. The maximum absolute atomic E-state index is 12.1. The maximum Gasteiger partial charge on any atom is 0.238 e. The molecule has 0 aliphatic rings.